The van der Waals surface area contributed by atoms with E-state index in [1.54, 1.807) is 18.2 Å². The maximum atomic E-state index is 13.9. The number of aromatic nitrogens is 6. The summed E-state index contributed by atoms with van der Waals surface area (Å²) in [6, 6.07) is 8.28. The molecule has 0 saturated heterocycles. The third-order valence-corrected chi connectivity index (χ3v) is 5.79. The molecule has 0 amide bonds. The topological polar surface area (TPSA) is 101 Å². The fourth-order valence-electron chi connectivity index (χ4n) is 3.50. The minimum Gasteiger partial charge on any atom is -0.358 e. The van der Waals surface area contributed by atoms with Gasteiger partial charge >= 0.3 is 0 Å². The highest BCUT2D eigenvalue weighted by Crippen LogP contribution is 2.30. The van der Waals surface area contributed by atoms with Crippen molar-refractivity contribution in [2.24, 2.45) is 0 Å². The number of hydrogen-bond acceptors (Lipinski definition) is 6. The Hall–Kier alpha value is -3.56. The van der Waals surface area contributed by atoms with Crippen LogP contribution in [0.2, 0.25) is 10.0 Å². The van der Waals surface area contributed by atoms with Gasteiger partial charge in [-0.25, -0.2) is 24.3 Å². The van der Waals surface area contributed by atoms with Gasteiger partial charge in [0.05, 0.1) is 39.0 Å². The lowest BCUT2D eigenvalue weighted by Crippen LogP contribution is -2.27. The number of hydrogen-bond donors (Lipinski definition) is 2. The third kappa shape index (κ3) is 3.35. The monoisotopic (exact) mass is 469 g/mol. The van der Waals surface area contributed by atoms with Crippen molar-refractivity contribution in [3.05, 3.63) is 81.1 Å². The fourth-order valence-corrected chi connectivity index (χ4v) is 3.88. The van der Waals surface area contributed by atoms with Crippen molar-refractivity contribution >= 4 is 51.1 Å². The first-order valence-electron chi connectivity index (χ1n) is 9.51. The molecule has 1 unspecified atom stereocenters. The lowest BCUT2D eigenvalue weighted by Gasteiger charge is -2.21. The van der Waals surface area contributed by atoms with Gasteiger partial charge in [0.15, 0.2) is 11.5 Å². The number of rotatable bonds is 4. The number of nitrogens with one attached hydrogen (secondary N) is 2. The molecule has 2 aromatic carbocycles. The van der Waals surface area contributed by atoms with Crippen molar-refractivity contribution in [3.8, 4) is 5.69 Å². The van der Waals surface area contributed by atoms with Crippen LogP contribution in [0, 0.1) is 5.82 Å². The van der Waals surface area contributed by atoms with Crippen molar-refractivity contribution in [1.82, 2.24) is 29.5 Å². The van der Waals surface area contributed by atoms with Gasteiger partial charge in [-0.2, -0.15) is 0 Å². The van der Waals surface area contributed by atoms with Crippen LogP contribution in [0.4, 0.5) is 10.2 Å². The first kappa shape index (κ1) is 20.3. The van der Waals surface area contributed by atoms with Crippen LogP contribution in [0.1, 0.15) is 18.8 Å². The molecule has 0 spiro atoms. The molecular formula is C21H14Cl2FN7O. The third-order valence-electron chi connectivity index (χ3n) is 4.99. The summed E-state index contributed by atoms with van der Waals surface area (Å²) in [7, 11) is 0. The van der Waals surface area contributed by atoms with E-state index in [0.717, 1.165) is 6.07 Å². The van der Waals surface area contributed by atoms with Gasteiger partial charge < -0.3 is 10.3 Å². The zero-order chi connectivity index (χ0) is 22.4. The maximum absolute atomic E-state index is 13.9. The molecule has 3 heterocycles. The van der Waals surface area contributed by atoms with Crippen LogP contribution in [0.25, 0.3) is 27.8 Å². The molecule has 8 nitrogen and oxygen atoms in total. The van der Waals surface area contributed by atoms with Crippen LogP contribution in [0.15, 0.2) is 53.8 Å². The quantitative estimate of drug-likeness (QED) is 0.396. The number of benzene rings is 2. The van der Waals surface area contributed by atoms with E-state index in [-0.39, 0.29) is 15.4 Å². The summed E-state index contributed by atoms with van der Waals surface area (Å²) in [4.78, 5) is 33.7. The highest BCUT2D eigenvalue weighted by molar-refractivity contribution is 6.43. The second-order valence-electron chi connectivity index (χ2n) is 7.03. The van der Waals surface area contributed by atoms with Gasteiger partial charge in [0.1, 0.15) is 23.5 Å². The van der Waals surface area contributed by atoms with Gasteiger partial charge in [-0.1, -0.05) is 29.3 Å². The second-order valence-corrected chi connectivity index (χ2v) is 7.82. The second kappa shape index (κ2) is 7.85. The molecule has 1 atom stereocenters. The van der Waals surface area contributed by atoms with Crippen LogP contribution in [-0.4, -0.2) is 29.5 Å². The predicted octanol–water partition coefficient (Wildman–Crippen LogP) is 4.67. The van der Waals surface area contributed by atoms with E-state index >= 15 is 0 Å². The molecule has 0 saturated carbocycles. The highest BCUT2D eigenvalue weighted by Gasteiger charge is 2.22. The molecule has 11 heteroatoms. The van der Waals surface area contributed by atoms with E-state index in [2.05, 4.69) is 30.2 Å². The summed E-state index contributed by atoms with van der Waals surface area (Å²) in [6.45, 7) is 1.81. The number of aromatic amines is 1. The molecule has 160 valence electrons. The summed E-state index contributed by atoms with van der Waals surface area (Å²) in [5.41, 5.74) is 1.31. The zero-order valence-corrected chi connectivity index (χ0v) is 18.0. The Morgan fingerprint density at radius 2 is 2.00 bits per heavy atom. The smallest absolute Gasteiger partial charge is 0.266 e. The summed E-state index contributed by atoms with van der Waals surface area (Å²) < 4.78 is 15.2. The normalized spacial score (nSPS) is 12.4. The zero-order valence-electron chi connectivity index (χ0n) is 16.5. The molecule has 0 radical (unpaired) electrons. The van der Waals surface area contributed by atoms with E-state index in [1.165, 1.54) is 29.4 Å². The van der Waals surface area contributed by atoms with Gasteiger partial charge in [0.25, 0.3) is 5.56 Å². The molecule has 2 N–H and O–H groups in total. The van der Waals surface area contributed by atoms with E-state index in [4.69, 9.17) is 23.2 Å². The minimum absolute atomic E-state index is 0.119. The molecule has 32 heavy (non-hydrogen) atoms. The maximum Gasteiger partial charge on any atom is 0.266 e. The number of fused-ring (bicyclic) bond motifs is 2. The van der Waals surface area contributed by atoms with Gasteiger partial charge in [-0.3, -0.25) is 9.36 Å². The number of H-pyrrole nitrogens is 1. The Balaban J connectivity index is 1.74. The van der Waals surface area contributed by atoms with Gasteiger partial charge in [-0.05, 0) is 37.3 Å². The summed E-state index contributed by atoms with van der Waals surface area (Å²) in [5, 5.41) is 3.80. The SMILES string of the molecule is CC(Nc1ncnc2[nH]cnc12)c1nc2ccc(F)cc2c(=O)n1-c1cccc(Cl)c1Cl. The lowest BCUT2D eigenvalue weighted by atomic mass is 10.2. The molecule has 5 aromatic rings. The Labute approximate surface area is 190 Å². The van der Waals surface area contributed by atoms with Crippen molar-refractivity contribution in [2.45, 2.75) is 13.0 Å². The molecule has 0 fully saturated rings. The Kier molecular flexibility index (Phi) is 4.99. The van der Waals surface area contributed by atoms with Gasteiger partial charge in [0, 0.05) is 0 Å². The van der Waals surface area contributed by atoms with E-state index in [0.29, 0.717) is 34.0 Å². The molecule has 0 aliphatic rings. The van der Waals surface area contributed by atoms with Crippen LogP contribution < -0.4 is 10.9 Å². The molecule has 0 bridgehead atoms. The van der Waals surface area contributed by atoms with Gasteiger partial charge in [-0.15, -0.1) is 0 Å². The van der Waals surface area contributed by atoms with Crippen molar-refractivity contribution in [3.63, 3.8) is 0 Å². The minimum atomic E-state index is -0.541. The van der Waals surface area contributed by atoms with Crippen LogP contribution in [0.3, 0.4) is 0 Å². The first-order chi connectivity index (χ1) is 15.4. The Morgan fingerprint density at radius 1 is 1.16 bits per heavy atom. The van der Waals surface area contributed by atoms with E-state index in [1.807, 2.05) is 6.92 Å². The average Bonchev–Trinajstić information content (AvgIpc) is 3.26. The average molecular weight is 470 g/mol. The van der Waals surface area contributed by atoms with Crippen molar-refractivity contribution in [2.75, 3.05) is 5.32 Å². The highest BCUT2D eigenvalue weighted by atomic mass is 35.5. The fraction of sp³-hybridized carbons (Fsp3) is 0.0952. The first-order valence-corrected chi connectivity index (χ1v) is 10.3. The molecule has 3 aromatic heterocycles. The van der Waals surface area contributed by atoms with Crippen LogP contribution in [0.5, 0.6) is 0 Å². The summed E-state index contributed by atoms with van der Waals surface area (Å²) in [5.74, 6) is 0.252. The number of anilines is 1. The standard InChI is InChI=1S/C21H14Cl2FN7O/c1-10(29-19-17-18(26-8-25-17)27-9-28-19)20-30-14-6-5-11(24)7-12(14)21(32)31(20)15-4-2-3-13(22)16(15)23/h2-10H,1H3,(H2,25,26,27,28,29). The van der Waals surface area contributed by atoms with Crippen LogP contribution >= 0.6 is 23.2 Å². The summed E-state index contributed by atoms with van der Waals surface area (Å²) in [6.07, 6.45) is 2.91. The lowest BCUT2D eigenvalue weighted by molar-refractivity contribution is 0.629. The number of halogens is 3. The molecule has 0 aliphatic heterocycles. The molecule has 0 aliphatic carbocycles. The van der Waals surface area contributed by atoms with Crippen LogP contribution in [-0.2, 0) is 0 Å². The van der Waals surface area contributed by atoms with E-state index < -0.39 is 17.4 Å². The van der Waals surface area contributed by atoms with Crippen molar-refractivity contribution in [1.29, 1.82) is 0 Å². The Bertz CT molecular complexity index is 1550. The largest absolute Gasteiger partial charge is 0.358 e. The van der Waals surface area contributed by atoms with Gasteiger partial charge in [0.2, 0.25) is 0 Å². The summed E-state index contributed by atoms with van der Waals surface area (Å²) >= 11 is 12.6. The molecule has 5 rings (SSSR count). The number of imidazole rings is 1. The number of nitrogens with zero attached hydrogens (tertiary/aromatic N) is 5. The van der Waals surface area contributed by atoms with E-state index in [9.17, 15) is 9.18 Å². The predicted molar refractivity (Wildman–Crippen MR) is 121 cm³/mol. The molecular weight excluding hydrogens is 456 g/mol. The van der Waals surface area contributed by atoms with Crippen molar-refractivity contribution < 1.29 is 4.39 Å². The Morgan fingerprint density at radius 3 is 2.84 bits per heavy atom.